The van der Waals surface area contributed by atoms with Gasteiger partial charge in [-0.2, -0.15) is 0 Å². The summed E-state index contributed by atoms with van der Waals surface area (Å²) in [6.07, 6.45) is 1.93. The first-order chi connectivity index (χ1) is 12.4. The Morgan fingerprint density at radius 2 is 1.62 bits per heavy atom. The first-order valence-corrected chi connectivity index (χ1v) is 10.6. The molecule has 1 aliphatic rings. The predicted octanol–water partition coefficient (Wildman–Crippen LogP) is 2.68. The summed E-state index contributed by atoms with van der Waals surface area (Å²) in [4.78, 5) is 14.6. The summed E-state index contributed by atoms with van der Waals surface area (Å²) in [7, 11) is -3.46. The van der Waals surface area contributed by atoms with Gasteiger partial charge >= 0.3 is 0 Å². The highest BCUT2D eigenvalue weighted by molar-refractivity contribution is 7.90. The monoisotopic (exact) mass is 373 g/mol. The molecule has 5 nitrogen and oxygen atoms in total. The highest BCUT2D eigenvalue weighted by atomic mass is 32.2. The summed E-state index contributed by atoms with van der Waals surface area (Å²) in [5, 5.41) is 10.6. The molecule has 3 rings (SSSR count). The van der Waals surface area contributed by atoms with Crippen LogP contribution < -0.4 is 0 Å². The Morgan fingerprint density at radius 1 is 1.04 bits per heavy atom. The summed E-state index contributed by atoms with van der Waals surface area (Å²) < 4.78 is 23.9. The molecular formula is C20H23NO4S. The number of likely N-dealkylation sites (tertiary alicyclic amines) is 1. The minimum Gasteiger partial charge on any atom is -0.388 e. The molecule has 138 valence electrons. The predicted molar refractivity (Wildman–Crippen MR) is 99.6 cm³/mol. The van der Waals surface area contributed by atoms with Crippen molar-refractivity contribution in [3.05, 3.63) is 65.7 Å². The van der Waals surface area contributed by atoms with E-state index in [9.17, 15) is 18.3 Å². The minimum atomic E-state index is -3.46. The smallest absolute Gasteiger partial charge is 0.255 e. The van der Waals surface area contributed by atoms with Crippen molar-refractivity contribution < 1.29 is 18.3 Å². The van der Waals surface area contributed by atoms with Crippen LogP contribution in [0.2, 0.25) is 0 Å². The third kappa shape index (κ3) is 3.97. The molecule has 2 aromatic carbocycles. The van der Waals surface area contributed by atoms with E-state index in [0.29, 0.717) is 25.9 Å². The average molecular weight is 373 g/mol. The van der Waals surface area contributed by atoms with Crippen LogP contribution in [0.4, 0.5) is 0 Å². The van der Waals surface area contributed by atoms with Crippen LogP contribution in [0.15, 0.2) is 59.5 Å². The number of benzene rings is 2. The van der Waals surface area contributed by atoms with E-state index in [0.717, 1.165) is 11.8 Å². The topological polar surface area (TPSA) is 74.7 Å². The summed E-state index contributed by atoms with van der Waals surface area (Å²) >= 11 is 0. The lowest BCUT2D eigenvalue weighted by Crippen LogP contribution is -2.40. The van der Waals surface area contributed by atoms with Gasteiger partial charge in [-0.1, -0.05) is 42.5 Å². The molecule has 1 heterocycles. The lowest BCUT2D eigenvalue weighted by Gasteiger charge is -2.34. The van der Waals surface area contributed by atoms with E-state index < -0.39 is 15.9 Å². The molecule has 0 radical (unpaired) electrons. The highest BCUT2D eigenvalue weighted by Crippen LogP contribution is 2.31. The van der Waals surface area contributed by atoms with Crippen LogP contribution in [0.25, 0.3) is 0 Å². The number of piperidine rings is 1. The van der Waals surface area contributed by atoms with Crippen molar-refractivity contribution in [1.29, 1.82) is 0 Å². The van der Waals surface area contributed by atoms with E-state index in [1.807, 2.05) is 30.3 Å². The standard InChI is InChI=1S/C20H23NO4S/c1-26(24,25)18-10-6-5-9-17(18)20(23)21-13-11-16(12-14-21)19(22)15-7-3-2-4-8-15/h2-10,16,19,22H,11-14H2,1H3. The number of carbonyl (C=O) groups is 1. The Kier molecular flexibility index (Phi) is 5.44. The van der Waals surface area contributed by atoms with Gasteiger partial charge in [0.25, 0.3) is 5.91 Å². The number of nitrogens with zero attached hydrogens (tertiary/aromatic N) is 1. The molecule has 0 aliphatic carbocycles. The molecule has 2 aromatic rings. The van der Waals surface area contributed by atoms with Crippen molar-refractivity contribution in [2.45, 2.75) is 23.8 Å². The van der Waals surface area contributed by atoms with Gasteiger partial charge in [0.1, 0.15) is 0 Å². The van der Waals surface area contributed by atoms with Crippen LogP contribution in [0.3, 0.4) is 0 Å². The number of amides is 1. The number of hydrogen-bond acceptors (Lipinski definition) is 4. The number of carbonyl (C=O) groups excluding carboxylic acids is 1. The van der Waals surface area contributed by atoms with Gasteiger partial charge in [0.05, 0.1) is 16.6 Å². The maximum atomic E-state index is 12.8. The normalized spacial score (nSPS) is 17.1. The molecule has 1 fully saturated rings. The third-order valence-electron chi connectivity index (χ3n) is 4.93. The Hall–Kier alpha value is -2.18. The molecule has 1 saturated heterocycles. The maximum absolute atomic E-state index is 12.8. The first-order valence-electron chi connectivity index (χ1n) is 8.69. The first kappa shape index (κ1) is 18.6. The molecule has 0 saturated carbocycles. The van der Waals surface area contributed by atoms with Gasteiger partial charge in [-0.25, -0.2) is 8.42 Å². The third-order valence-corrected chi connectivity index (χ3v) is 6.09. The Bertz CT molecular complexity index is 872. The number of hydrogen-bond donors (Lipinski definition) is 1. The average Bonchev–Trinajstić information content (AvgIpc) is 2.67. The van der Waals surface area contributed by atoms with Gasteiger partial charge in [0, 0.05) is 19.3 Å². The highest BCUT2D eigenvalue weighted by Gasteiger charge is 2.30. The number of rotatable bonds is 4. The van der Waals surface area contributed by atoms with Crippen LogP contribution in [-0.4, -0.2) is 43.7 Å². The lowest BCUT2D eigenvalue weighted by atomic mass is 9.87. The van der Waals surface area contributed by atoms with Crippen molar-refractivity contribution in [2.24, 2.45) is 5.92 Å². The number of aliphatic hydroxyl groups excluding tert-OH is 1. The van der Waals surface area contributed by atoms with Crippen LogP contribution in [0.1, 0.15) is 34.9 Å². The molecule has 26 heavy (non-hydrogen) atoms. The molecule has 0 aromatic heterocycles. The molecule has 0 bridgehead atoms. The van der Waals surface area contributed by atoms with E-state index in [-0.39, 0.29) is 22.3 Å². The van der Waals surface area contributed by atoms with Crippen molar-refractivity contribution in [1.82, 2.24) is 4.90 Å². The number of sulfone groups is 1. The van der Waals surface area contributed by atoms with Gasteiger partial charge in [0.2, 0.25) is 0 Å². The second kappa shape index (κ2) is 7.60. The molecule has 1 atom stereocenters. The van der Waals surface area contributed by atoms with Gasteiger partial charge in [0.15, 0.2) is 9.84 Å². The van der Waals surface area contributed by atoms with Crippen molar-refractivity contribution in [2.75, 3.05) is 19.3 Å². The molecule has 1 aliphatic heterocycles. The molecule has 1 amide bonds. The van der Waals surface area contributed by atoms with Gasteiger partial charge in [-0.15, -0.1) is 0 Å². The van der Waals surface area contributed by atoms with Gasteiger partial charge < -0.3 is 10.0 Å². The Balaban J connectivity index is 1.70. The maximum Gasteiger partial charge on any atom is 0.255 e. The zero-order valence-electron chi connectivity index (χ0n) is 14.7. The molecular weight excluding hydrogens is 350 g/mol. The second-order valence-corrected chi connectivity index (χ2v) is 8.74. The fraction of sp³-hybridized carbons (Fsp3) is 0.350. The lowest BCUT2D eigenvalue weighted by molar-refractivity contribution is 0.0460. The van der Waals surface area contributed by atoms with Crippen molar-refractivity contribution in [3.63, 3.8) is 0 Å². The van der Waals surface area contributed by atoms with Crippen LogP contribution in [0, 0.1) is 5.92 Å². The Labute approximate surface area is 154 Å². The molecule has 6 heteroatoms. The van der Waals surface area contributed by atoms with Crippen LogP contribution in [0.5, 0.6) is 0 Å². The quantitative estimate of drug-likeness (QED) is 0.894. The second-order valence-electron chi connectivity index (χ2n) is 6.75. The number of aliphatic hydroxyl groups is 1. The fourth-order valence-corrected chi connectivity index (χ4v) is 4.36. The zero-order valence-corrected chi connectivity index (χ0v) is 15.5. The fourth-order valence-electron chi connectivity index (χ4n) is 3.48. The van der Waals surface area contributed by atoms with Crippen LogP contribution >= 0.6 is 0 Å². The van der Waals surface area contributed by atoms with E-state index in [1.54, 1.807) is 23.1 Å². The zero-order chi connectivity index (χ0) is 18.7. The largest absolute Gasteiger partial charge is 0.388 e. The van der Waals surface area contributed by atoms with Crippen LogP contribution in [-0.2, 0) is 9.84 Å². The van der Waals surface area contributed by atoms with E-state index in [1.165, 1.54) is 6.07 Å². The molecule has 0 spiro atoms. The SMILES string of the molecule is CS(=O)(=O)c1ccccc1C(=O)N1CCC(C(O)c2ccccc2)CC1. The van der Waals surface area contributed by atoms with Crippen molar-refractivity contribution >= 4 is 15.7 Å². The summed E-state index contributed by atoms with van der Waals surface area (Å²) in [5.74, 6) is -0.176. The molecule has 1 N–H and O–H groups in total. The summed E-state index contributed by atoms with van der Waals surface area (Å²) in [6, 6.07) is 15.9. The van der Waals surface area contributed by atoms with E-state index in [4.69, 9.17) is 0 Å². The van der Waals surface area contributed by atoms with E-state index >= 15 is 0 Å². The Morgan fingerprint density at radius 3 is 2.23 bits per heavy atom. The van der Waals surface area contributed by atoms with E-state index in [2.05, 4.69) is 0 Å². The van der Waals surface area contributed by atoms with Gasteiger partial charge in [-0.05, 0) is 36.5 Å². The van der Waals surface area contributed by atoms with Gasteiger partial charge in [-0.3, -0.25) is 4.79 Å². The summed E-state index contributed by atoms with van der Waals surface area (Å²) in [5.41, 5.74) is 1.11. The molecule has 1 unspecified atom stereocenters. The van der Waals surface area contributed by atoms with Crippen molar-refractivity contribution in [3.8, 4) is 0 Å². The minimum absolute atomic E-state index is 0.0662. The summed E-state index contributed by atoms with van der Waals surface area (Å²) in [6.45, 7) is 1.01.